The first-order valence-electron chi connectivity index (χ1n) is 12.6. The highest BCUT2D eigenvalue weighted by molar-refractivity contribution is 6.13. The summed E-state index contributed by atoms with van der Waals surface area (Å²) in [6, 6.07) is 12.3. The van der Waals surface area contributed by atoms with E-state index in [-0.39, 0.29) is 0 Å². The molecule has 3 heterocycles. The average molecular weight is 484 g/mol. The summed E-state index contributed by atoms with van der Waals surface area (Å²) >= 11 is 0. The Balaban J connectivity index is 1.43. The number of likely N-dealkylation sites (N-methyl/N-ethyl adjacent to an activating group) is 1. The molecule has 1 aliphatic rings. The van der Waals surface area contributed by atoms with E-state index in [1.807, 2.05) is 45.5 Å². The molecule has 2 aromatic heterocycles. The van der Waals surface area contributed by atoms with Gasteiger partial charge in [0.25, 0.3) is 0 Å². The molecule has 3 aromatic rings. The summed E-state index contributed by atoms with van der Waals surface area (Å²) in [4.78, 5) is 13.6. The van der Waals surface area contributed by atoms with Crippen LogP contribution in [0.15, 0.2) is 67.3 Å². The first kappa shape index (κ1) is 25.5. The van der Waals surface area contributed by atoms with E-state index < -0.39 is 0 Å². The van der Waals surface area contributed by atoms with Gasteiger partial charge in [-0.05, 0) is 87.9 Å². The van der Waals surface area contributed by atoms with Gasteiger partial charge in [0.2, 0.25) is 0 Å². The Morgan fingerprint density at radius 2 is 1.86 bits per heavy atom. The molecule has 0 spiro atoms. The molecule has 0 amide bonds. The van der Waals surface area contributed by atoms with Crippen LogP contribution in [0.5, 0.6) is 0 Å². The van der Waals surface area contributed by atoms with Gasteiger partial charge in [0.15, 0.2) is 0 Å². The molecule has 3 N–H and O–H groups in total. The van der Waals surface area contributed by atoms with Crippen LogP contribution in [0.4, 0.5) is 11.5 Å². The number of benzene rings is 1. The van der Waals surface area contributed by atoms with Crippen LogP contribution in [0.3, 0.4) is 0 Å². The molecule has 1 aliphatic heterocycles. The van der Waals surface area contributed by atoms with Gasteiger partial charge in [-0.25, -0.2) is 4.98 Å². The van der Waals surface area contributed by atoms with Crippen LogP contribution in [0, 0.1) is 12.3 Å². The first-order chi connectivity index (χ1) is 17.4. The van der Waals surface area contributed by atoms with Gasteiger partial charge in [-0.15, -0.1) is 0 Å². The van der Waals surface area contributed by atoms with E-state index in [4.69, 9.17) is 5.41 Å². The molecule has 0 saturated carbocycles. The second kappa shape index (κ2) is 11.9. The van der Waals surface area contributed by atoms with Crippen molar-refractivity contribution in [3.05, 3.63) is 84.0 Å². The van der Waals surface area contributed by atoms with E-state index in [0.717, 1.165) is 66.5 Å². The molecule has 7 heteroatoms. The van der Waals surface area contributed by atoms with Gasteiger partial charge >= 0.3 is 0 Å². The van der Waals surface area contributed by atoms with E-state index in [1.165, 1.54) is 18.4 Å². The Hall–Kier alpha value is -3.55. The number of likely N-dealkylation sites (tertiary alicyclic amines) is 1. The monoisotopic (exact) mass is 483 g/mol. The van der Waals surface area contributed by atoms with Crippen molar-refractivity contribution in [2.45, 2.75) is 26.3 Å². The molecule has 188 valence electrons. The summed E-state index contributed by atoms with van der Waals surface area (Å²) in [5.41, 5.74) is 6.94. The third-order valence-corrected chi connectivity index (χ3v) is 6.47. The molecule has 7 nitrogen and oxygen atoms in total. The number of allylic oxidation sites excluding steroid dienone is 1. The normalized spacial score (nSPS) is 13.7. The second-order valence-electron chi connectivity index (χ2n) is 9.74. The Morgan fingerprint density at radius 1 is 1.06 bits per heavy atom. The molecule has 0 atom stereocenters. The number of anilines is 2. The van der Waals surface area contributed by atoms with E-state index in [1.54, 1.807) is 6.20 Å². The lowest BCUT2D eigenvalue weighted by Gasteiger charge is -2.16. The second-order valence-corrected chi connectivity index (χ2v) is 9.74. The van der Waals surface area contributed by atoms with Crippen LogP contribution in [0.2, 0.25) is 0 Å². The molecular formula is C29H37N7. The number of aromatic nitrogens is 2. The average Bonchev–Trinajstić information content (AvgIpc) is 3.38. The Morgan fingerprint density at radius 3 is 2.58 bits per heavy atom. The molecule has 1 aromatic carbocycles. The van der Waals surface area contributed by atoms with Crippen molar-refractivity contribution in [1.29, 1.82) is 5.41 Å². The highest BCUT2D eigenvalue weighted by Gasteiger charge is 2.14. The molecule has 0 radical (unpaired) electrons. The molecule has 0 aliphatic carbocycles. The Labute approximate surface area is 214 Å². The van der Waals surface area contributed by atoms with Crippen LogP contribution < -0.4 is 10.6 Å². The maximum absolute atomic E-state index is 8.83. The standard InChI is InChI=1S/C29H37N7/c1-21-7-8-24(25-15-23(17-31-18-25)20-36-12-5-6-13-36)16-27(21)29(30)22(2)34-26-9-10-28(33-19-26)32-11-14-35(3)4/h7-10,15-19,30,34H,2,5-6,11-14,20H2,1,3-4H3,(H,32,33). The predicted molar refractivity (Wildman–Crippen MR) is 150 cm³/mol. The summed E-state index contributed by atoms with van der Waals surface area (Å²) in [5.74, 6) is 0.826. The van der Waals surface area contributed by atoms with E-state index in [0.29, 0.717) is 11.4 Å². The molecule has 4 rings (SSSR count). The molecule has 36 heavy (non-hydrogen) atoms. The van der Waals surface area contributed by atoms with Gasteiger partial charge in [0, 0.05) is 43.2 Å². The number of hydrogen-bond donors (Lipinski definition) is 3. The fraction of sp³-hybridized carbons (Fsp3) is 0.345. The topological polar surface area (TPSA) is 80.2 Å². The minimum Gasteiger partial charge on any atom is -0.369 e. The molecule has 0 unspecified atom stereocenters. The zero-order valence-electron chi connectivity index (χ0n) is 21.6. The summed E-state index contributed by atoms with van der Waals surface area (Å²) in [6.07, 6.45) is 8.18. The summed E-state index contributed by atoms with van der Waals surface area (Å²) < 4.78 is 0. The van der Waals surface area contributed by atoms with Crippen molar-refractivity contribution < 1.29 is 0 Å². The largest absolute Gasteiger partial charge is 0.369 e. The molecular weight excluding hydrogens is 446 g/mol. The van der Waals surface area contributed by atoms with Gasteiger partial charge in [0.1, 0.15) is 5.82 Å². The summed E-state index contributed by atoms with van der Waals surface area (Å²) in [5, 5.41) is 15.4. The van der Waals surface area contributed by atoms with Gasteiger partial charge in [-0.3, -0.25) is 15.3 Å². The van der Waals surface area contributed by atoms with Crippen LogP contribution >= 0.6 is 0 Å². The number of rotatable bonds is 11. The van der Waals surface area contributed by atoms with Crippen molar-refractivity contribution in [2.24, 2.45) is 0 Å². The zero-order valence-corrected chi connectivity index (χ0v) is 21.6. The molecule has 1 saturated heterocycles. The number of nitrogens with zero attached hydrogens (tertiary/aromatic N) is 4. The Bertz CT molecular complexity index is 1190. The Kier molecular flexibility index (Phi) is 8.46. The van der Waals surface area contributed by atoms with Crippen molar-refractivity contribution >= 4 is 17.2 Å². The van der Waals surface area contributed by atoms with E-state index in [9.17, 15) is 0 Å². The van der Waals surface area contributed by atoms with E-state index in [2.05, 4.69) is 61.2 Å². The van der Waals surface area contributed by atoms with Crippen molar-refractivity contribution in [1.82, 2.24) is 19.8 Å². The van der Waals surface area contributed by atoms with Crippen LogP contribution in [0.1, 0.15) is 29.5 Å². The van der Waals surface area contributed by atoms with Gasteiger partial charge in [0.05, 0.1) is 23.3 Å². The lowest BCUT2D eigenvalue weighted by molar-refractivity contribution is 0.331. The lowest BCUT2D eigenvalue weighted by Crippen LogP contribution is -2.21. The smallest absolute Gasteiger partial charge is 0.126 e. The third kappa shape index (κ3) is 6.77. The SMILES string of the molecule is C=C(Nc1ccc(NCCN(C)C)nc1)C(=N)c1cc(-c2cncc(CN3CCCC3)c2)ccc1C. The third-order valence-electron chi connectivity index (χ3n) is 6.47. The highest BCUT2D eigenvalue weighted by Crippen LogP contribution is 2.25. The lowest BCUT2D eigenvalue weighted by atomic mass is 9.96. The van der Waals surface area contributed by atoms with Gasteiger partial charge in [-0.2, -0.15) is 0 Å². The van der Waals surface area contributed by atoms with E-state index >= 15 is 0 Å². The van der Waals surface area contributed by atoms with Crippen LogP contribution in [-0.4, -0.2) is 65.8 Å². The minimum atomic E-state index is 0.365. The highest BCUT2D eigenvalue weighted by atomic mass is 15.1. The van der Waals surface area contributed by atoms with Crippen LogP contribution in [0.25, 0.3) is 11.1 Å². The summed E-state index contributed by atoms with van der Waals surface area (Å²) in [6.45, 7) is 11.2. The van der Waals surface area contributed by atoms with Gasteiger partial charge in [-0.1, -0.05) is 18.7 Å². The zero-order chi connectivity index (χ0) is 25.5. The number of nitrogens with one attached hydrogen (secondary N) is 3. The minimum absolute atomic E-state index is 0.365. The number of aryl methyl sites for hydroxylation is 1. The maximum Gasteiger partial charge on any atom is 0.126 e. The molecule has 1 fully saturated rings. The van der Waals surface area contributed by atoms with Crippen molar-refractivity contribution in [2.75, 3.05) is 50.9 Å². The number of hydrogen-bond acceptors (Lipinski definition) is 7. The fourth-order valence-corrected chi connectivity index (χ4v) is 4.38. The van der Waals surface area contributed by atoms with Crippen LogP contribution in [-0.2, 0) is 6.54 Å². The quantitative estimate of drug-likeness (QED) is 0.333. The fourth-order valence-electron chi connectivity index (χ4n) is 4.38. The summed E-state index contributed by atoms with van der Waals surface area (Å²) in [7, 11) is 4.09. The number of pyridine rings is 2. The van der Waals surface area contributed by atoms with Crippen molar-refractivity contribution in [3.8, 4) is 11.1 Å². The molecule has 0 bridgehead atoms. The first-order valence-corrected chi connectivity index (χ1v) is 12.6. The van der Waals surface area contributed by atoms with Crippen molar-refractivity contribution in [3.63, 3.8) is 0 Å². The van der Waals surface area contributed by atoms with Gasteiger partial charge < -0.3 is 15.5 Å². The maximum atomic E-state index is 8.83. The predicted octanol–water partition coefficient (Wildman–Crippen LogP) is 5.01.